The van der Waals surface area contributed by atoms with Gasteiger partial charge in [0.05, 0.1) is 16.5 Å². The average Bonchev–Trinajstić information content (AvgIpc) is 2.36. The number of nitrogens with one attached hydrogen (secondary N) is 2. The first kappa shape index (κ1) is 14.4. The molecule has 0 atom stereocenters. The zero-order valence-electron chi connectivity index (χ0n) is 11.8. The number of benzene rings is 1. The Morgan fingerprint density at radius 1 is 1.30 bits per heavy atom. The molecule has 0 aliphatic heterocycles. The molecule has 2 rings (SSSR count). The maximum atomic E-state index is 12.6. The van der Waals surface area contributed by atoms with Crippen LogP contribution in [0.2, 0.25) is 0 Å². The van der Waals surface area contributed by atoms with Crippen molar-refractivity contribution in [3.05, 3.63) is 36.7 Å². The predicted octanol–water partition coefficient (Wildman–Crippen LogP) is 2.84. The molecule has 0 radical (unpaired) electrons. The molecule has 2 N–H and O–H groups in total. The molecule has 0 fully saturated rings. The molecule has 0 saturated carbocycles. The molecule has 0 saturated heterocycles. The van der Waals surface area contributed by atoms with Crippen LogP contribution < -0.4 is 10.6 Å². The molecule has 1 heterocycles. The first-order valence-corrected chi connectivity index (χ1v) is 8.71. The van der Waals surface area contributed by atoms with Gasteiger partial charge in [0.1, 0.15) is 18.5 Å². The van der Waals surface area contributed by atoms with Crippen LogP contribution in [0.25, 0.3) is 11.0 Å². The molecule has 0 aliphatic rings. The van der Waals surface area contributed by atoms with Gasteiger partial charge in [-0.15, -0.1) is 0 Å². The zero-order valence-corrected chi connectivity index (χ0v) is 12.7. The summed E-state index contributed by atoms with van der Waals surface area (Å²) in [7, 11) is -2.58. The number of hydrogen-bond acceptors (Lipinski definition) is 4. The van der Waals surface area contributed by atoms with Crippen molar-refractivity contribution >= 4 is 35.0 Å². The van der Waals surface area contributed by atoms with Crippen molar-refractivity contribution < 1.29 is 4.57 Å². The van der Waals surface area contributed by atoms with Crippen LogP contribution in [0.4, 0.5) is 5.69 Å². The molecule has 20 heavy (non-hydrogen) atoms. The predicted molar refractivity (Wildman–Crippen MR) is 84.8 cm³/mol. The minimum absolute atomic E-state index is 0.197. The summed E-state index contributed by atoms with van der Waals surface area (Å²) < 4.78 is 12.6. The Morgan fingerprint density at radius 2 is 1.95 bits per heavy atom. The summed E-state index contributed by atoms with van der Waals surface area (Å²) in [6.07, 6.45) is 3.18. The highest BCUT2D eigenvalue weighted by Crippen LogP contribution is 2.40. The van der Waals surface area contributed by atoms with Gasteiger partial charge in [-0.2, -0.15) is 0 Å². The molecule has 0 aliphatic carbocycles. The zero-order chi connectivity index (χ0) is 14.9. The lowest BCUT2D eigenvalue weighted by Gasteiger charge is -2.17. The first-order valence-electron chi connectivity index (χ1n) is 6.11. The summed E-state index contributed by atoms with van der Waals surface area (Å²) in [5.74, 6) is 0.197. The lowest BCUT2D eigenvalue weighted by atomic mass is 10.2. The SMILES string of the molecule is C=C(C)C(=N)Nc1ccc2nccnc2c1P(C)(C)=O. The molecule has 2 aromatic rings. The van der Waals surface area contributed by atoms with Gasteiger partial charge in [-0.3, -0.25) is 15.4 Å². The van der Waals surface area contributed by atoms with Gasteiger partial charge in [0.25, 0.3) is 0 Å². The number of aromatic nitrogens is 2. The highest BCUT2D eigenvalue weighted by molar-refractivity contribution is 7.71. The van der Waals surface area contributed by atoms with E-state index in [1.807, 2.05) is 0 Å². The van der Waals surface area contributed by atoms with Gasteiger partial charge in [0.2, 0.25) is 0 Å². The van der Waals surface area contributed by atoms with Gasteiger partial charge < -0.3 is 9.88 Å². The highest BCUT2D eigenvalue weighted by Gasteiger charge is 2.21. The van der Waals surface area contributed by atoms with Crippen molar-refractivity contribution in [3.8, 4) is 0 Å². The number of amidine groups is 1. The molecular weight excluding hydrogens is 271 g/mol. The summed E-state index contributed by atoms with van der Waals surface area (Å²) in [6, 6.07) is 3.58. The monoisotopic (exact) mass is 288 g/mol. The highest BCUT2D eigenvalue weighted by atomic mass is 31.2. The van der Waals surface area contributed by atoms with Crippen molar-refractivity contribution in [2.24, 2.45) is 0 Å². The van der Waals surface area contributed by atoms with Crippen molar-refractivity contribution in [2.75, 3.05) is 18.6 Å². The van der Waals surface area contributed by atoms with E-state index in [-0.39, 0.29) is 5.84 Å². The number of rotatable bonds is 3. The second-order valence-corrected chi connectivity index (χ2v) is 8.17. The Kier molecular flexibility index (Phi) is 3.73. The van der Waals surface area contributed by atoms with E-state index in [1.54, 1.807) is 44.8 Å². The third kappa shape index (κ3) is 2.78. The molecule has 104 valence electrons. The largest absolute Gasteiger partial charge is 0.340 e. The maximum Gasteiger partial charge on any atom is 0.124 e. The molecule has 1 aromatic carbocycles. The molecule has 0 spiro atoms. The minimum Gasteiger partial charge on any atom is -0.340 e. The van der Waals surface area contributed by atoms with Crippen molar-refractivity contribution in [2.45, 2.75) is 6.92 Å². The summed E-state index contributed by atoms with van der Waals surface area (Å²) >= 11 is 0. The fourth-order valence-corrected chi connectivity index (χ4v) is 3.30. The quantitative estimate of drug-likeness (QED) is 0.517. The van der Waals surface area contributed by atoms with Crippen LogP contribution in [0.1, 0.15) is 6.92 Å². The van der Waals surface area contributed by atoms with E-state index in [2.05, 4.69) is 21.9 Å². The van der Waals surface area contributed by atoms with Gasteiger partial charge in [-0.1, -0.05) is 6.58 Å². The standard InChI is InChI=1S/C14H17N4OP/c1-9(2)14(15)18-11-6-5-10-12(17-8-7-16-10)13(11)20(3,4)19/h5-8H,1H2,2-4H3,(H2,15,18). The van der Waals surface area contributed by atoms with Crippen LogP contribution in [0, 0.1) is 5.41 Å². The van der Waals surface area contributed by atoms with Gasteiger partial charge >= 0.3 is 0 Å². The van der Waals surface area contributed by atoms with Crippen LogP contribution in [0.5, 0.6) is 0 Å². The van der Waals surface area contributed by atoms with Crippen molar-refractivity contribution in [1.29, 1.82) is 5.41 Å². The second-order valence-electron chi connectivity index (χ2n) is 5.02. The van der Waals surface area contributed by atoms with E-state index in [4.69, 9.17) is 5.41 Å². The normalized spacial score (nSPS) is 11.3. The van der Waals surface area contributed by atoms with E-state index in [0.29, 0.717) is 27.6 Å². The smallest absolute Gasteiger partial charge is 0.124 e. The minimum atomic E-state index is -2.58. The van der Waals surface area contributed by atoms with Gasteiger partial charge in [-0.05, 0) is 38.0 Å². The lowest BCUT2D eigenvalue weighted by Crippen LogP contribution is -2.19. The number of fused-ring (bicyclic) bond motifs is 1. The van der Waals surface area contributed by atoms with E-state index in [9.17, 15) is 4.57 Å². The molecule has 0 unspecified atom stereocenters. The number of anilines is 1. The van der Waals surface area contributed by atoms with Gasteiger partial charge in [0.15, 0.2) is 0 Å². The molecule has 0 bridgehead atoms. The molecule has 1 aromatic heterocycles. The Labute approximate surface area is 118 Å². The fraction of sp³-hybridized carbons (Fsp3) is 0.214. The van der Waals surface area contributed by atoms with Gasteiger partial charge in [-0.25, -0.2) is 0 Å². The third-order valence-electron chi connectivity index (χ3n) is 2.84. The Hall–Kier alpha value is -2.00. The van der Waals surface area contributed by atoms with E-state index in [1.165, 1.54) is 0 Å². The third-order valence-corrected chi connectivity index (χ3v) is 4.37. The van der Waals surface area contributed by atoms with Crippen LogP contribution in [0.15, 0.2) is 36.7 Å². The van der Waals surface area contributed by atoms with Crippen LogP contribution in [-0.2, 0) is 4.57 Å². The maximum absolute atomic E-state index is 12.6. The fourth-order valence-electron chi connectivity index (χ4n) is 1.91. The van der Waals surface area contributed by atoms with Crippen LogP contribution in [-0.4, -0.2) is 29.1 Å². The first-order chi connectivity index (χ1) is 9.30. The Balaban J connectivity index is 2.69. The summed E-state index contributed by atoms with van der Waals surface area (Å²) in [5.41, 5.74) is 2.54. The second kappa shape index (κ2) is 5.17. The summed E-state index contributed by atoms with van der Waals surface area (Å²) in [4.78, 5) is 8.52. The Bertz CT molecular complexity index is 748. The van der Waals surface area contributed by atoms with Crippen LogP contribution in [0.3, 0.4) is 0 Å². The topological polar surface area (TPSA) is 78.7 Å². The van der Waals surface area contributed by atoms with Crippen molar-refractivity contribution in [1.82, 2.24) is 9.97 Å². The summed E-state index contributed by atoms with van der Waals surface area (Å²) in [5, 5.41) is 11.4. The molecule has 6 heteroatoms. The van der Waals surface area contributed by atoms with Crippen LogP contribution >= 0.6 is 7.14 Å². The average molecular weight is 288 g/mol. The summed E-state index contributed by atoms with van der Waals surface area (Å²) in [6.45, 7) is 8.84. The van der Waals surface area contributed by atoms with E-state index >= 15 is 0 Å². The molecule has 5 nitrogen and oxygen atoms in total. The lowest BCUT2D eigenvalue weighted by molar-refractivity contribution is 0.588. The van der Waals surface area contributed by atoms with Crippen molar-refractivity contribution in [3.63, 3.8) is 0 Å². The molecule has 0 amide bonds. The van der Waals surface area contributed by atoms with E-state index in [0.717, 1.165) is 0 Å². The van der Waals surface area contributed by atoms with E-state index < -0.39 is 7.14 Å². The van der Waals surface area contributed by atoms with Gasteiger partial charge in [0, 0.05) is 12.4 Å². The molecular formula is C14H17N4OP. The number of nitrogens with zero attached hydrogens (tertiary/aromatic N) is 2. The Morgan fingerprint density at radius 3 is 2.55 bits per heavy atom. The number of hydrogen-bond donors (Lipinski definition) is 2.